The van der Waals surface area contributed by atoms with Crippen LogP contribution in [0, 0.1) is 5.92 Å². The summed E-state index contributed by atoms with van der Waals surface area (Å²) in [6.07, 6.45) is 0. The van der Waals surface area contributed by atoms with Gasteiger partial charge >= 0.3 is 0 Å². The lowest BCUT2D eigenvalue weighted by Crippen LogP contribution is -2.39. The highest BCUT2D eigenvalue weighted by Crippen LogP contribution is 2.26. The fourth-order valence-corrected chi connectivity index (χ4v) is 7.20. The minimum absolute atomic E-state index is 0.170. The highest BCUT2D eigenvalue weighted by Gasteiger charge is 2.38. The summed E-state index contributed by atoms with van der Waals surface area (Å²) in [5.74, 6) is -0.439. The minimum atomic E-state index is -3.59. The first-order valence-corrected chi connectivity index (χ1v) is 12.1. The summed E-state index contributed by atoms with van der Waals surface area (Å²) in [6, 6.07) is 8.77. The van der Waals surface area contributed by atoms with Gasteiger partial charge in [0.1, 0.15) is 5.25 Å². The summed E-state index contributed by atoms with van der Waals surface area (Å²) in [7, 11) is -5.26. The van der Waals surface area contributed by atoms with Gasteiger partial charge in [-0.25, -0.2) is 8.42 Å². The fourth-order valence-electron chi connectivity index (χ4n) is 2.07. The highest BCUT2D eigenvalue weighted by molar-refractivity contribution is 7.93. The number of hydrogen-bond donors (Lipinski definition) is 0. The van der Waals surface area contributed by atoms with E-state index in [1.54, 1.807) is 44.2 Å². The average molecular weight is 313 g/mol. The van der Waals surface area contributed by atoms with E-state index in [0.29, 0.717) is 6.04 Å². The molecule has 0 spiro atoms. The van der Waals surface area contributed by atoms with Crippen molar-refractivity contribution in [3.8, 4) is 0 Å². The van der Waals surface area contributed by atoms with Gasteiger partial charge < -0.3 is 0 Å². The second-order valence-electron chi connectivity index (χ2n) is 6.67. The van der Waals surface area contributed by atoms with Crippen molar-refractivity contribution < 1.29 is 13.2 Å². The predicted octanol–water partition coefficient (Wildman–Crippen LogP) is 3.39. The van der Waals surface area contributed by atoms with Gasteiger partial charge in [-0.05, 0) is 18.2 Å². The van der Waals surface area contributed by atoms with E-state index in [1.807, 2.05) is 0 Å². The summed E-state index contributed by atoms with van der Waals surface area (Å²) in [4.78, 5) is 12.6. The molecule has 0 saturated heterocycles. The number of ketones is 1. The summed E-state index contributed by atoms with van der Waals surface area (Å²) >= 11 is 0. The molecule has 112 valence electrons. The normalized spacial score (nSPS) is 14.3. The summed E-state index contributed by atoms with van der Waals surface area (Å²) < 4.78 is 25.5. The van der Waals surface area contributed by atoms with Crippen LogP contribution in [0.3, 0.4) is 0 Å². The van der Waals surface area contributed by atoms with Crippen LogP contribution < -0.4 is 0 Å². The Bertz CT molecular complexity index is 557. The molecule has 1 rings (SSSR count). The molecule has 3 nitrogen and oxygen atoms in total. The molecule has 5 heteroatoms. The van der Waals surface area contributed by atoms with Gasteiger partial charge in [-0.2, -0.15) is 0 Å². The number of carbonyl (C=O) groups is 1. The molecule has 0 fully saturated rings. The van der Waals surface area contributed by atoms with Gasteiger partial charge in [-0.15, -0.1) is 0 Å². The highest BCUT2D eigenvalue weighted by atomic mass is 32.2. The number of hydrogen-bond acceptors (Lipinski definition) is 3. The van der Waals surface area contributed by atoms with Crippen molar-refractivity contribution in [2.75, 3.05) is 0 Å². The standard InChI is InChI=1S/C15H24O3SSi/c1-12(2)15(16)14(11-20(3,4)5)19(17,18)13-9-7-6-8-10-13/h6-10,12,14H,11H2,1-5H3/t14-/m0/s1. The molecule has 0 radical (unpaired) electrons. The Balaban J connectivity index is 3.27. The van der Waals surface area contributed by atoms with E-state index in [4.69, 9.17) is 0 Å². The predicted molar refractivity (Wildman–Crippen MR) is 85.4 cm³/mol. The fraction of sp³-hybridized carbons (Fsp3) is 0.533. The van der Waals surface area contributed by atoms with Crippen LogP contribution in [-0.2, 0) is 14.6 Å². The van der Waals surface area contributed by atoms with E-state index in [-0.39, 0.29) is 16.6 Å². The van der Waals surface area contributed by atoms with E-state index in [9.17, 15) is 13.2 Å². The zero-order valence-corrected chi connectivity index (χ0v) is 14.7. The van der Waals surface area contributed by atoms with Crippen LogP contribution in [-0.4, -0.2) is 27.5 Å². The van der Waals surface area contributed by atoms with Gasteiger partial charge in [0.2, 0.25) is 0 Å². The quantitative estimate of drug-likeness (QED) is 0.757. The molecule has 0 amide bonds. The molecule has 0 N–H and O–H groups in total. The Labute approximate surface area is 123 Å². The van der Waals surface area contributed by atoms with E-state index in [1.165, 1.54) is 0 Å². The lowest BCUT2D eigenvalue weighted by Gasteiger charge is -2.25. The van der Waals surface area contributed by atoms with Gasteiger partial charge in [-0.1, -0.05) is 51.7 Å². The van der Waals surface area contributed by atoms with Gasteiger partial charge in [0.05, 0.1) is 4.90 Å². The summed E-state index contributed by atoms with van der Waals surface area (Å²) in [5, 5.41) is -0.906. The summed E-state index contributed by atoms with van der Waals surface area (Å²) in [5.41, 5.74) is 0. The molecule has 1 aromatic rings. The number of Topliss-reactive ketones (excluding diaryl/α,β-unsaturated/α-hetero) is 1. The van der Waals surface area contributed by atoms with Crippen molar-refractivity contribution in [3.63, 3.8) is 0 Å². The lowest BCUT2D eigenvalue weighted by atomic mass is 10.1. The Morgan fingerprint density at radius 3 is 2.00 bits per heavy atom. The maximum atomic E-state index is 12.8. The van der Waals surface area contributed by atoms with Crippen LogP contribution >= 0.6 is 0 Å². The second-order valence-corrected chi connectivity index (χ2v) is 14.3. The van der Waals surface area contributed by atoms with Crippen molar-refractivity contribution in [1.29, 1.82) is 0 Å². The third kappa shape index (κ3) is 4.28. The van der Waals surface area contributed by atoms with Crippen molar-refractivity contribution in [2.45, 2.75) is 49.7 Å². The smallest absolute Gasteiger partial charge is 0.188 e. The van der Waals surface area contributed by atoms with Crippen LogP contribution in [0.1, 0.15) is 13.8 Å². The van der Waals surface area contributed by atoms with Gasteiger partial charge in [0.25, 0.3) is 0 Å². The largest absolute Gasteiger partial charge is 0.298 e. The third-order valence-corrected chi connectivity index (χ3v) is 7.14. The molecule has 0 aromatic heterocycles. The number of rotatable bonds is 6. The van der Waals surface area contributed by atoms with Crippen LogP contribution in [0.25, 0.3) is 0 Å². The van der Waals surface area contributed by atoms with Crippen LogP contribution in [0.5, 0.6) is 0 Å². The Kier molecular flexibility index (Phi) is 5.32. The molecule has 0 unspecified atom stereocenters. The molecule has 1 atom stereocenters. The van der Waals surface area contributed by atoms with Crippen molar-refractivity contribution in [1.82, 2.24) is 0 Å². The molecule has 0 aliphatic carbocycles. The summed E-state index contributed by atoms with van der Waals surface area (Å²) in [6.45, 7) is 9.80. The van der Waals surface area contributed by atoms with Crippen LogP contribution in [0.15, 0.2) is 35.2 Å². The zero-order chi connectivity index (χ0) is 15.6. The second kappa shape index (κ2) is 6.22. The minimum Gasteiger partial charge on any atom is -0.298 e. The molecule has 0 heterocycles. The average Bonchev–Trinajstić information content (AvgIpc) is 2.35. The lowest BCUT2D eigenvalue weighted by molar-refractivity contribution is -0.121. The SMILES string of the molecule is CC(C)C(=O)[C@H](C[Si](C)(C)C)S(=O)(=O)c1ccccc1. The molecular formula is C15H24O3SSi. The van der Waals surface area contributed by atoms with Gasteiger partial charge in [0.15, 0.2) is 15.6 Å². The van der Waals surface area contributed by atoms with Crippen molar-refractivity contribution in [2.24, 2.45) is 5.92 Å². The van der Waals surface area contributed by atoms with E-state index >= 15 is 0 Å². The van der Waals surface area contributed by atoms with Crippen molar-refractivity contribution in [3.05, 3.63) is 30.3 Å². The monoisotopic (exact) mass is 312 g/mol. The Morgan fingerprint density at radius 1 is 1.10 bits per heavy atom. The first-order chi connectivity index (χ1) is 9.05. The number of benzene rings is 1. The Morgan fingerprint density at radius 2 is 1.60 bits per heavy atom. The molecular weight excluding hydrogens is 288 g/mol. The molecule has 0 aliphatic heterocycles. The van der Waals surface area contributed by atoms with E-state index < -0.39 is 23.2 Å². The zero-order valence-electron chi connectivity index (χ0n) is 12.9. The van der Waals surface area contributed by atoms with Gasteiger partial charge in [0, 0.05) is 14.0 Å². The number of sulfone groups is 1. The number of carbonyl (C=O) groups excluding carboxylic acids is 1. The molecule has 1 aromatic carbocycles. The van der Waals surface area contributed by atoms with Gasteiger partial charge in [-0.3, -0.25) is 4.79 Å². The first kappa shape index (κ1) is 17.1. The molecule has 0 saturated carbocycles. The topological polar surface area (TPSA) is 51.2 Å². The maximum absolute atomic E-state index is 12.8. The molecule has 20 heavy (non-hydrogen) atoms. The first-order valence-electron chi connectivity index (χ1n) is 6.88. The van der Waals surface area contributed by atoms with E-state index in [0.717, 1.165) is 0 Å². The maximum Gasteiger partial charge on any atom is 0.188 e. The third-order valence-electron chi connectivity index (χ3n) is 3.13. The van der Waals surface area contributed by atoms with Crippen LogP contribution in [0.4, 0.5) is 0 Å². The van der Waals surface area contributed by atoms with Crippen molar-refractivity contribution >= 4 is 23.7 Å². The Hall–Kier alpha value is -0.943. The molecule has 0 bridgehead atoms. The van der Waals surface area contributed by atoms with Crippen LogP contribution in [0.2, 0.25) is 25.7 Å². The molecule has 0 aliphatic rings. The van der Waals surface area contributed by atoms with E-state index in [2.05, 4.69) is 19.6 Å².